The first-order valence-corrected chi connectivity index (χ1v) is 20.1. The van der Waals surface area contributed by atoms with Crippen LogP contribution in [0.3, 0.4) is 0 Å². The zero-order valence-electron chi connectivity index (χ0n) is 35.0. The molecule has 306 valence electrons. The Bertz CT molecular complexity index is 1990. The predicted molar refractivity (Wildman–Crippen MR) is 229 cm³/mol. The highest BCUT2D eigenvalue weighted by Gasteiger charge is 2.36. The maximum absolute atomic E-state index is 12.4. The predicted octanol–water partition coefficient (Wildman–Crippen LogP) is 11.5. The number of hydrogen-bond acceptors (Lipinski definition) is 8. The van der Waals surface area contributed by atoms with E-state index in [0.29, 0.717) is 17.2 Å². The van der Waals surface area contributed by atoms with Crippen molar-refractivity contribution in [1.29, 1.82) is 0 Å². The van der Waals surface area contributed by atoms with Gasteiger partial charge >= 0.3 is 12.1 Å². The van der Waals surface area contributed by atoms with Crippen LogP contribution in [0.5, 0.6) is 28.7 Å². The van der Waals surface area contributed by atoms with Crippen LogP contribution < -0.4 is 23.7 Å². The Kier molecular flexibility index (Phi) is 14.8. The molecular weight excluding hydrogens is 729 g/mol. The molecule has 1 aliphatic rings. The normalized spacial score (nSPS) is 13.7. The Labute approximate surface area is 344 Å². The molecule has 0 bridgehead atoms. The van der Waals surface area contributed by atoms with E-state index in [2.05, 4.69) is 64.1 Å². The first kappa shape index (κ1) is 43.5. The number of carbonyl (C=O) groups excluding carboxylic acids is 2. The van der Waals surface area contributed by atoms with Gasteiger partial charge in [0.15, 0.2) is 0 Å². The summed E-state index contributed by atoms with van der Waals surface area (Å²) in [5.74, 6) is 2.80. The smallest absolute Gasteiger partial charge is 0.497 e. The van der Waals surface area contributed by atoms with E-state index in [1.165, 1.54) is 35.6 Å². The third-order valence-electron chi connectivity index (χ3n) is 11.2. The van der Waals surface area contributed by atoms with Crippen molar-refractivity contribution >= 4 is 12.1 Å². The number of esters is 1. The van der Waals surface area contributed by atoms with E-state index < -0.39 is 6.16 Å². The number of methoxy groups -OCH3 is 2. The maximum atomic E-state index is 12.4. The van der Waals surface area contributed by atoms with E-state index in [0.717, 1.165) is 55.6 Å². The highest BCUT2D eigenvalue weighted by Crippen LogP contribution is 2.46. The average Bonchev–Trinajstić information content (AvgIpc) is 3.23. The van der Waals surface area contributed by atoms with Crippen LogP contribution in [-0.4, -0.2) is 38.1 Å². The summed E-state index contributed by atoms with van der Waals surface area (Å²) in [5, 5.41) is 9.25. The second-order valence-electron chi connectivity index (χ2n) is 16.1. The molecule has 1 fully saturated rings. The summed E-state index contributed by atoms with van der Waals surface area (Å²) >= 11 is 0. The van der Waals surface area contributed by atoms with Crippen LogP contribution in [-0.2, 0) is 21.0 Å². The molecule has 0 amide bonds. The summed E-state index contributed by atoms with van der Waals surface area (Å²) in [6.45, 7) is 10.2. The molecule has 0 atom stereocenters. The van der Waals surface area contributed by atoms with Gasteiger partial charge in [-0.1, -0.05) is 108 Å². The van der Waals surface area contributed by atoms with E-state index >= 15 is 0 Å². The van der Waals surface area contributed by atoms with Gasteiger partial charge in [0.05, 0.1) is 14.2 Å². The van der Waals surface area contributed by atoms with Crippen molar-refractivity contribution in [3.8, 4) is 28.7 Å². The van der Waals surface area contributed by atoms with Crippen molar-refractivity contribution in [2.24, 2.45) is 0 Å². The van der Waals surface area contributed by atoms with Gasteiger partial charge in [-0.3, -0.25) is 4.79 Å². The van der Waals surface area contributed by atoms with Crippen LogP contribution in [0.2, 0.25) is 0 Å². The van der Waals surface area contributed by atoms with E-state index in [9.17, 15) is 14.7 Å². The highest BCUT2D eigenvalue weighted by atomic mass is 16.7. The van der Waals surface area contributed by atoms with Gasteiger partial charge in [-0.2, -0.15) is 0 Å². The Morgan fingerprint density at radius 3 is 1.31 bits per heavy atom. The Morgan fingerprint density at radius 2 is 0.931 bits per heavy atom. The van der Waals surface area contributed by atoms with E-state index in [1.54, 1.807) is 26.4 Å². The quantitative estimate of drug-likeness (QED) is 0.0758. The Morgan fingerprint density at radius 1 is 0.552 bits per heavy atom. The molecular formula is C50H58O8. The molecule has 0 aliphatic heterocycles. The standard InChI is InChI=1S/C31H34O5.C19H24O3/c1-22(32)34-26-16-10-24(11-17-26)31(20-6-5-7-21-31)25-12-18-28(19-13-25)36-29(33)35-27-14-8-23(9-15-27)30(2,3)4;1-19(13-4-14-20,15-5-9-17(21-2)10-6-15)16-7-11-18(22-3)12-8-16/h8-19H,5-7,20-21H2,1-4H3;5-12,20H,4,13-14H2,1-3H3. The third-order valence-corrected chi connectivity index (χ3v) is 11.2. The number of hydrogen-bond donors (Lipinski definition) is 1. The molecule has 5 aromatic rings. The van der Waals surface area contributed by atoms with Gasteiger partial charge in [0, 0.05) is 24.4 Å². The molecule has 6 rings (SSSR count). The summed E-state index contributed by atoms with van der Waals surface area (Å²) in [6, 6.07) is 39.3. The van der Waals surface area contributed by atoms with Crippen LogP contribution in [0.1, 0.15) is 107 Å². The number of rotatable bonds is 12. The van der Waals surface area contributed by atoms with E-state index in [1.807, 2.05) is 72.8 Å². The van der Waals surface area contributed by atoms with Crippen molar-refractivity contribution in [3.63, 3.8) is 0 Å². The fourth-order valence-corrected chi connectivity index (χ4v) is 7.79. The molecule has 0 aromatic heterocycles. The Balaban J connectivity index is 0.000000249. The fourth-order valence-electron chi connectivity index (χ4n) is 7.79. The average molecular weight is 787 g/mol. The Hall–Kier alpha value is -5.60. The lowest BCUT2D eigenvalue weighted by Gasteiger charge is -2.38. The summed E-state index contributed by atoms with van der Waals surface area (Å²) in [4.78, 5) is 23.6. The summed E-state index contributed by atoms with van der Waals surface area (Å²) in [6.07, 6.45) is 6.45. The van der Waals surface area contributed by atoms with Crippen molar-refractivity contribution in [3.05, 3.63) is 149 Å². The van der Waals surface area contributed by atoms with Gasteiger partial charge in [0.25, 0.3) is 0 Å². The lowest BCUT2D eigenvalue weighted by Crippen LogP contribution is -2.30. The molecule has 0 unspecified atom stereocenters. The van der Waals surface area contributed by atoms with E-state index in [-0.39, 0.29) is 28.8 Å². The second kappa shape index (κ2) is 19.7. The highest BCUT2D eigenvalue weighted by molar-refractivity contribution is 5.69. The minimum absolute atomic E-state index is 0.0286. The van der Waals surface area contributed by atoms with Crippen LogP contribution in [0.15, 0.2) is 121 Å². The number of aliphatic hydroxyl groups is 1. The zero-order chi connectivity index (χ0) is 41.8. The summed E-state index contributed by atoms with van der Waals surface area (Å²) in [5.41, 5.74) is 5.73. The molecule has 0 saturated heterocycles. The lowest BCUT2D eigenvalue weighted by molar-refractivity contribution is -0.131. The SMILES string of the molecule is CC(=O)Oc1ccc(C2(c3ccc(OC(=O)Oc4ccc(C(C)(C)C)cc4)cc3)CCCCC2)cc1.COc1ccc(C(C)(CCCO)c2ccc(OC)cc2)cc1. The van der Waals surface area contributed by atoms with Crippen LogP contribution in [0.25, 0.3) is 0 Å². The molecule has 1 N–H and O–H groups in total. The first-order chi connectivity index (χ1) is 27.8. The topological polar surface area (TPSA) is 101 Å². The van der Waals surface area contributed by atoms with Gasteiger partial charge in [-0.25, -0.2) is 4.79 Å². The minimum atomic E-state index is -0.764. The monoisotopic (exact) mass is 786 g/mol. The van der Waals surface area contributed by atoms with Gasteiger partial charge in [0.2, 0.25) is 0 Å². The number of carbonyl (C=O) groups is 2. The largest absolute Gasteiger partial charge is 0.519 e. The van der Waals surface area contributed by atoms with Crippen molar-refractivity contribution in [1.82, 2.24) is 0 Å². The second-order valence-corrected chi connectivity index (χ2v) is 16.1. The van der Waals surface area contributed by atoms with Gasteiger partial charge < -0.3 is 28.8 Å². The lowest BCUT2D eigenvalue weighted by atomic mass is 9.65. The van der Waals surface area contributed by atoms with Crippen LogP contribution in [0, 0.1) is 0 Å². The fraction of sp³-hybridized carbons (Fsp3) is 0.360. The first-order valence-electron chi connectivity index (χ1n) is 20.1. The van der Waals surface area contributed by atoms with Crippen molar-refractivity contribution < 1.29 is 38.4 Å². The zero-order valence-corrected chi connectivity index (χ0v) is 35.0. The molecule has 0 radical (unpaired) electrons. The molecule has 1 aliphatic carbocycles. The molecule has 0 spiro atoms. The summed E-state index contributed by atoms with van der Waals surface area (Å²) < 4.78 is 26.5. The van der Waals surface area contributed by atoms with Crippen molar-refractivity contribution in [2.75, 3.05) is 20.8 Å². The molecule has 5 aromatic carbocycles. The van der Waals surface area contributed by atoms with E-state index in [4.69, 9.17) is 23.7 Å². The van der Waals surface area contributed by atoms with Gasteiger partial charge in [0.1, 0.15) is 28.7 Å². The maximum Gasteiger partial charge on any atom is 0.519 e. The number of aliphatic hydroxyl groups excluding tert-OH is 1. The van der Waals surface area contributed by atoms with Crippen molar-refractivity contribution in [2.45, 2.75) is 95.8 Å². The van der Waals surface area contributed by atoms with Crippen LogP contribution >= 0.6 is 0 Å². The van der Waals surface area contributed by atoms with Crippen LogP contribution in [0.4, 0.5) is 4.79 Å². The van der Waals surface area contributed by atoms with Gasteiger partial charge in [-0.15, -0.1) is 0 Å². The molecule has 8 nitrogen and oxygen atoms in total. The molecule has 1 saturated carbocycles. The summed E-state index contributed by atoms with van der Waals surface area (Å²) in [7, 11) is 3.34. The third kappa shape index (κ3) is 11.1. The molecule has 0 heterocycles. The number of benzene rings is 5. The molecule has 58 heavy (non-hydrogen) atoms. The minimum Gasteiger partial charge on any atom is -0.497 e. The van der Waals surface area contributed by atoms with Gasteiger partial charge in [-0.05, 0) is 120 Å². The number of ether oxygens (including phenoxy) is 5. The molecule has 8 heteroatoms.